The number of nitrogens with zero attached hydrogens (tertiary/aromatic N) is 3. The van der Waals surface area contributed by atoms with Gasteiger partial charge in [-0.2, -0.15) is 5.10 Å². The predicted molar refractivity (Wildman–Crippen MR) is 69.8 cm³/mol. The van der Waals surface area contributed by atoms with Crippen LogP contribution in [-0.4, -0.2) is 32.0 Å². The summed E-state index contributed by atoms with van der Waals surface area (Å²) < 4.78 is 1.68. The third kappa shape index (κ3) is 2.33. The first-order valence-corrected chi connectivity index (χ1v) is 6.03. The molecule has 0 bridgehead atoms. The Balaban J connectivity index is 1.67. The third-order valence-electron chi connectivity index (χ3n) is 2.87. The fourth-order valence-corrected chi connectivity index (χ4v) is 1.93. The van der Waals surface area contributed by atoms with Gasteiger partial charge < -0.3 is 10.3 Å². The van der Waals surface area contributed by atoms with E-state index in [1.165, 1.54) is 0 Å². The van der Waals surface area contributed by atoms with E-state index in [1.807, 2.05) is 24.4 Å². The van der Waals surface area contributed by atoms with E-state index in [0.717, 1.165) is 11.3 Å². The molecule has 0 aromatic carbocycles. The molecule has 3 aromatic rings. The van der Waals surface area contributed by atoms with E-state index in [9.17, 15) is 4.79 Å². The monoisotopic (exact) mass is 255 g/mol. The van der Waals surface area contributed by atoms with Crippen molar-refractivity contribution in [2.75, 3.05) is 6.54 Å². The maximum atomic E-state index is 12.1. The van der Waals surface area contributed by atoms with Crippen LogP contribution in [0.1, 0.15) is 16.2 Å². The molecule has 0 aliphatic heterocycles. The Bertz CT molecular complexity index is 686. The maximum absolute atomic E-state index is 12.1. The molecule has 6 heteroatoms. The Kier molecular flexibility index (Phi) is 2.97. The summed E-state index contributed by atoms with van der Waals surface area (Å²) in [5, 5.41) is 7.00. The van der Waals surface area contributed by atoms with Crippen LogP contribution in [0, 0.1) is 0 Å². The van der Waals surface area contributed by atoms with E-state index in [0.29, 0.717) is 18.5 Å². The number of hydrogen-bond acceptors (Lipinski definition) is 3. The van der Waals surface area contributed by atoms with E-state index in [-0.39, 0.29) is 5.91 Å². The van der Waals surface area contributed by atoms with Crippen molar-refractivity contribution >= 4 is 11.4 Å². The molecule has 19 heavy (non-hydrogen) atoms. The molecule has 3 heterocycles. The molecule has 0 aliphatic rings. The zero-order valence-corrected chi connectivity index (χ0v) is 10.2. The topological polar surface area (TPSA) is 75.1 Å². The molecule has 0 saturated carbocycles. The molecule has 0 radical (unpaired) electrons. The van der Waals surface area contributed by atoms with Crippen molar-refractivity contribution in [1.29, 1.82) is 0 Å². The van der Waals surface area contributed by atoms with Crippen LogP contribution in [0.2, 0.25) is 0 Å². The largest absolute Gasteiger partial charge is 0.351 e. The van der Waals surface area contributed by atoms with Gasteiger partial charge in [0.05, 0.1) is 17.3 Å². The highest BCUT2D eigenvalue weighted by Gasteiger charge is 2.11. The van der Waals surface area contributed by atoms with E-state index in [2.05, 4.69) is 20.4 Å². The second kappa shape index (κ2) is 4.93. The number of hydrogen-bond donors (Lipinski definition) is 2. The molecule has 0 atom stereocenters. The highest BCUT2D eigenvalue weighted by molar-refractivity contribution is 6.00. The number of carbonyl (C=O) groups is 1. The number of H-pyrrole nitrogens is 1. The lowest BCUT2D eigenvalue weighted by Gasteiger charge is -2.02. The molecule has 0 unspecified atom stereocenters. The van der Waals surface area contributed by atoms with Gasteiger partial charge in [0.15, 0.2) is 0 Å². The van der Waals surface area contributed by atoms with Crippen molar-refractivity contribution in [1.82, 2.24) is 24.9 Å². The first-order valence-electron chi connectivity index (χ1n) is 6.03. The van der Waals surface area contributed by atoms with Gasteiger partial charge in [-0.15, -0.1) is 0 Å². The number of aromatic nitrogens is 4. The van der Waals surface area contributed by atoms with Crippen molar-refractivity contribution in [2.45, 2.75) is 6.42 Å². The van der Waals surface area contributed by atoms with Crippen LogP contribution in [-0.2, 0) is 6.42 Å². The fraction of sp³-hybridized carbons (Fsp3) is 0.154. The molecular formula is C13H13N5O. The number of rotatable bonds is 4. The third-order valence-corrected chi connectivity index (χ3v) is 2.87. The number of fused-ring (bicyclic) bond motifs is 1. The van der Waals surface area contributed by atoms with E-state index < -0.39 is 0 Å². The van der Waals surface area contributed by atoms with E-state index >= 15 is 0 Å². The van der Waals surface area contributed by atoms with Crippen LogP contribution >= 0.6 is 0 Å². The summed E-state index contributed by atoms with van der Waals surface area (Å²) in [7, 11) is 0. The van der Waals surface area contributed by atoms with Crippen LogP contribution in [0.25, 0.3) is 5.52 Å². The number of carbonyl (C=O) groups excluding carboxylic acids is 1. The first kappa shape index (κ1) is 11.5. The van der Waals surface area contributed by atoms with Gasteiger partial charge in [-0.3, -0.25) is 4.79 Å². The summed E-state index contributed by atoms with van der Waals surface area (Å²) in [5.74, 6) is 0.743. The molecule has 6 nitrogen and oxygen atoms in total. The Hall–Kier alpha value is -2.63. The smallest absolute Gasteiger partial charge is 0.255 e. The zero-order chi connectivity index (χ0) is 13.1. The molecule has 0 fully saturated rings. The molecule has 3 rings (SSSR count). The first-order chi connectivity index (χ1) is 9.34. The Morgan fingerprint density at radius 3 is 3.21 bits per heavy atom. The Morgan fingerprint density at radius 1 is 1.42 bits per heavy atom. The molecule has 3 aromatic heterocycles. The van der Waals surface area contributed by atoms with E-state index in [4.69, 9.17) is 0 Å². The van der Waals surface area contributed by atoms with Crippen molar-refractivity contribution in [2.24, 2.45) is 0 Å². The number of pyridine rings is 1. The quantitative estimate of drug-likeness (QED) is 0.731. The SMILES string of the molecule is O=C(NCCc1ncc[nH]1)c1cnn2ccccc12. The van der Waals surface area contributed by atoms with Gasteiger partial charge in [0.1, 0.15) is 5.82 Å². The van der Waals surface area contributed by atoms with Crippen LogP contribution in [0.3, 0.4) is 0 Å². The lowest BCUT2D eigenvalue weighted by atomic mass is 10.2. The average molecular weight is 255 g/mol. The lowest BCUT2D eigenvalue weighted by Crippen LogP contribution is -2.25. The predicted octanol–water partition coefficient (Wildman–Crippen LogP) is 1.03. The van der Waals surface area contributed by atoms with Crippen molar-refractivity contribution in [3.8, 4) is 0 Å². The van der Waals surface area contributed by atoms with Crippen LogP contribution in [0.5, 0.6) is 0 Å². The minimum absolute atomic E-state index is 0.118. The van der Waals surface area contributed by atoms with Crippen LogP contribution in [0.4, 0.5) is 0 Å². The molecule has 1 amide bonds. The van der Waals surface area contributed by atoms with Gasteiger partial charge in [-0.05, 0) is 12.1 Å². The highest BCUT2D eigenvalue weighted by Crippen LogP contribution is 2.09. The van der Waals surface area contributed by atoms with Crippen molar-refractivity contribution < 1.29 is 4.79 Å². The van der Waals surface area contributed by atoms with Gasteiger partial charge in [-0.25, -0.2) is 9.50 Å². The van der Waals surface area contributed by atoms with Crippen molar-refractivity contribution in [3.05, 3.63) is 54.4 Å². The average Bonchev–Trinajstić information content (AvgIpc) is 3.07. The number of imidazole rings is 1. The lowest BCUT2D eigenvalue weighted by molar-refractivity contribution is 0.0955. The Morgan fingerprint density at radius 2 is 2.37 bits per heavy atom. The van der Waals surface area contributed by atoms with Crippen LogP contribution in [0.15, 0.2) is 43.0 Å². The number of nitrogens with one attached hydrogen (secondary N) is 2. The fourth-order valence-electron chi connectivity index (χ4n) is 1.93. The van der Waals surface area contributed by atoms with Crippen molar-refractivity contribution in [3.63, 3.8) is 0 Å². The summed E-state index contributed by atoms with van der Waals surface area (Å²) >= 11 is 0. The summed E-state index contributed by atoms with van der Waals surface area (Å²) in [6.45, 7) is 0.538. The van der Waals surface area contributed by atoms with Gasteiger partial charge in [0, 0.05) is 31.6 Å². The minimum Gasteiger partial charge on any atom is -0.351 e. The summed E-state index contributed by atoms with van der Waals surface area (Å²) in [6, 6.07) is 5.63. The standard InChI is InChI=1S/C13H13N5O/c19-13(16-5-4-12-14-6-7-15-12)10-9-17-18-8-2-1-3-11(10)18/h1-3,6-9H,4-5H2,(H,14,15)(H,16,19). The maximum Gasteiger partial charge on any atom is 0.255 e. The highest BCUT2D eigenvalue weighted by atomic mass is 16.1. The van der Waals surface area contributed by atoms with Gasteiger partial charge in [0.2, 0.25) is 0 Å². The van der Waals surface area contributed by atoms with Gasteiger partial charge in [0.25, 0.3) is 5.91 Å². The molecule has 96 valence electrons. The molecule has 0 saturated heterocycles. The number of amides is 1. The Labute approximate surface area is 109 Å². The minimum atomic E-state index is -0.118. The summed E-state index contributed by atoms with van der Waals surface area (Å²) in [5.41, 5.74) is 1.39. The number of aromatic amines is 1. The molecule has 0 aliphatic carbocycles. The second-order valence-electron chi connectivity index (χ2n) is 4.13. The van der Waals surface area contributed by atoms with E-state index in [1.54, 1.807) is 23.1 Å². The molecule has 0 spiro atoms. The zero-order valence-electron chi connectivity index (χ0n) is 10.2. The summed E-state index contributed by atoms with van der Waals surface area (Å²) in [6.07, 6.45) is 7.54. The normalized spacial score (nSPS) is 10.7. The molecular weight excluding hydrogens is 242 g/mol. The van der Waals surface area contributed by atoms with Gasteiger partial charge >= 0.3 is 0 Å². The second-order valence-corrected chi connectivity index (χ2v) is 4.13. The molecule has 2 N–H and O–H groups in total. The van der Waals surface area contributed by atoms with Crippen LogP contribution < -0.4 is 5.32 Å². The van der Waals surface area contributed by atoms with Gasteiger partial charge in [-0.1, -0.05) is 6.07 Å². The summed E-state index contributed by atoms with van der Waals surface area (Å²) in [4.78, 5) is 19.2.